The number of hydrogen-bond acceptors (Lipinski definition) is 5. The summed E-state index contributed by atoms with van der Waals surface area (Å²) >= 11 is 0. The quantitative estimate of drug-likeness (QED) is 0.462. The van der Waals surface area contributed by atoms with Gasteiger partial charge >= 0.3 is 0 Å². The SMILES string of the molecule is O=[N+]([O-])c1ccccc1NNO. The van der Waals surface area contributed by atoms with E-state index >= 15 is 0 Å². The van der Waals surface area contributed by atoms with E-state index in [0.29, 0.717) is 0 Å². The first-order chi connectivity index (χ1) is 5.75. The van der Waals surface area contributed by atoms with Crippen LogP contribution in [0.15, 0.2) is 24.3 Å². The Morgan fingerprint density at radius 3 is 2.67 bits per heavy atom. The number of hydrogen-bond donors (Lipinski definition) is 3. The third-order valence-electron chi connectivity index (χ3n) is 1.29. The van der Waals surface area contributed by atoms with Crippen molar-refractivity contribution >= 4 is 11.4 Å². The topological polar surface area (TPSA) is 87.4 Å². The van der Waals surface area contributed by atoms with Crippen molar-refractivity contribution in [3.63, 3.8) is 0 Å². The van der Waals surface area contributed by atoms with Crippen LogP contribution in [0.2, 0.25) is 0 Å². The standard InChI is InChI=1S/C6H7N3O3/c10-8-7-5-3-1-2-4-6(5)9(11)12/h1-4,7-8,10H. The average Bonchev–Trinajstić information content (AvgIpc) is 2.05. The van der Waals surface area contributed by atoms with Crippen LogP contribution in [0.1, 0.15) is 0 Å². The molecule has 0 aliphatic carbocycles. The van der Waals surface area contributed by atoms with Gasteiger partial charge in [-0.25, -0.2) is 0 Å². The van der Waals surface area contributed by atoms with Crippen LogP contribution in [0.4, 0.5) is 11.4 Å². The van der Waals surface area contributed by atoms with Crippen LogP contribution in [0, 0.1) is 10.1 Å². The molecule has 0 aliphatic heterocycles. The van der Waals surface area contributed by atoms with Crippen LogP contribution in [-0.2, 0) is 0 Å². The maximum absolute atomic E-state index is 10.4. The number of benzene rings is 1. The number of nitrogens with zero attached hydrogens (tertiary/aromatic N) is 1. The lowest BCUT2D eigenvalue weighted by atomic mass is 10.3. The average molecular weight is 169 g/mol. The molecule has 0 saturated carbocycles. The first-order valence-corrected chi connectivity index (χ1v) is 3.14. The molecule has 64 valence electrons. The predicted octanol–water partition coefficient (Wildman–Crippen LogP) is 0.900. The Labute approximate surface area is 67.9 Å². The first kappa shape index (κ1) is 8.44. The zero-order valence-electron chi connectivity index (χ0n) is 6.02. The van der Waals surface area contributed by atoms with Crippen molar-refractivity contribution in [1.82, 2.24) is 5.59 Å². The Morgan fingerprint density at radius 2 is 2.08 bits per heavy atom. The Kier molecular flexibility index (Phi) is 2.57. The summed E-state index contributed by atoms with van der Waals surface area (Å²) in [6, 6.07) is 5.97. The number of para-hydroxylation sites is 2. The van der Waals surface area contributed by atoms with Gasteiger partial charge < -0.3 is 0 Å². The van der Waals surface area contributed by atoms with E-state index in [1.807, 2.05) is 0 Å². The molecule has 0 spiro atoms. The van der Waals surface area contributed by atoms with Crippen molar-refractivity contribution in [2.75, 3.05) is 5.43 Å². The predicted molar refractivity (Wildman–Crippen MR) is 41.6 cm³/mol. The lowest BCUT2D eigenvalue weighted by molar-refractivity contribution is -0.384. The second kappa shape index (κ2) is 3.65. The van der Waals surface area contributed by atoms with Crippen molar-refractivity contribution in [2.24, 2.45) is 0 Å². The lowest BCUT2D eigenvalue weighted by Gasteiger charge is -2.02. The summed E-state index contributed by atoms with van der Waals surface area (Å²) in [6.45, 7) is 0. The third kappa shape index (κ3) is 1.68. The molecular weight excluding hydrogens is 162 g/mol. The highest BCUT2D eigenvalue weighted by Crippen LogP contribution is 2.21. The minimum absolute atomic E-state index is 0.0981. The number of rotatable bonds is 3. The highest BCUT2D eigenvalue weighted by Gasteiger charge is 2.10. The summed E-state index contributed by atoms with van der Waals surface area (Å²) in [5.74, 6) is 0. The molecule has 0 radical (unpaired) electrons. The van der Waals surface area contributed by atoms with E-state index in [9.17, 15) is 10.1 Å². The molecule has 0 aliphatic rings. The summed E-state index contributed by atoms with van der Waals surface area (Å²) in [5.41, 5.74) is 3.96. The van der Waals surface area contributed by atoms with Crippen LogP contribution in [0.25, 0.3) is 0 Å². The molecule has 3 N–H and O–H groups in total. The second-order valence-corrected chi connectivity index (χ2v) is 2.01. The summed E-state index contributed by atoms with van der Waals surface area (Å²) in [7, 11) is 0. The molecule has 0 amide bonds. The van der Waals surface area contributed by atoms with Crippen LogP contribution >= 0.6 is 0 Å². The fraction of sp³-hybridized carbons (Fsp3) is 0. The minimum Gasteiger partial charge on any atom is -0.297 e. The van der Waals surface area contributed by atoms with Gasteiger partial charge in [-0.3, -0.25) is 20.7 Å². The molecule has 1 rings (SSSR count). The van der Waals surface area contributed by atoms with Crippen LogP contribution < -0.4 is 11.0 Å². The van der Waals surface area contributed by atoms with E-state index in [0.717, 1.165) is 0 Å². The van der Waals surface area contributed by atoms with Crippen molar-refractivity contribution in [2.45, 2.75) is 0 Å². The Hall–Kier alpha value is -1.66. The molecule has 0 atom stereocenters. The number of anilines is 1. The second-order valence-electron chi connectivity index (χ2n) is 2.01. The van der Waals surface area contributed by atoms with Gasteiger partial charge in [-0.05, 0) is 6.07 Å². The number of nitro groups is 1. The van der Waals surface area contributed by atoms with Crippen molar-refractivity contribution in [1.29, 1.82) is 0 Å². The number of nitrogens with one attached hydrogen (secondary N) is 2. The van der Waals surface area contributed by atoms with Gasteiger partial charge in [0, 0.05) is 6.07 Å². The summed E-state index contributed by atoms with van der Waals surface area (Å²) in [5, 5.41) is 18.6. The molecule has 12 heavy (non-hydrogen) atoms. The van der Waals surface area contributed by atoms with Gasteiger partial charge in [0.1, 0.15) is 5.69 Å². The Morgan fingerprint density at radius 1 is 1.42 bits per heavy atom. The smallest absolute Gasteiger partial charge is 0.293 e. The van der Waals surface area contributed by atoms with E-state index < -0.39 is 4.92 Å². The van der Waals surface area contributed by atoms with Gasteiger partial charge in [0.05, 0.1) is 4.92 Å². The first-order valence-electron chi connectivity index (χ1n) is 3.14. The van der Waals surface area contributed by atoms with Crippen molar-refractivity contribution < 1.29 is 10.1 Å². The van der Waals surface area contributed by atoms with Crippen molar-refractivity contribution in [3.05, 3.63) is 34.4 Å². The van der Waals surface area contributed by atoms with Gasteiger partial charge in [-0.1, -0.05) is 12.1 Å². The summed E-state index contributed by atoms with van der Waals surface area (Å²) in [6.07, 6.45) is 0. The molecule has 0 heterocycles. The maximum atomic E-state index is 10.4. The summed E-state index contributed by atoms with van der Waals surface area (Å²) in [4.78, 5) is 9.81. The molecule has 0 fully saturated rings. The van der Waals surface area contributed by atoms with Gasteiger partial charge in [-0.15, -0.1) is 5.59 Å². The van der Waals surface area contributed by atoms with Gasteiger partial charge in [0.2, 0.25) is 0 Å². The molecule has 0 aromatic heterocycles. The van der Waals surface area contributed by atoms with Crippen LogP contribution in [0.5, 0.6) is 0 Å². The number of hydrazine groups is 1. The van der Waals surface area contributed by atoms with Crippen LogP contribution in [0.3, 0.4) is 0 Å². The Bertz CT molecular complexity index is 289. The highest BCUT2D eigenvalue weighted by molar-refractivity contribution is 5.60. The largest absolute Gasteiger partial charge is 0.297 e. The van der Waals surface area contributed by atoms with Crippen molar-refractivity contribution in [3.8, 4) is 0 Å². The third-order valence-corrected chi connectivity index (χ3v) is 1.29. The molecule has 0 unspecified atom stereocenters. The zero-order chi connectivity index (χ0) is 8.97. The zero-order valence-corrected chi connectivity index (χ0v) is 6.02. The van der Waals surface area contributed by atoms with Gasteiger partial charge in [0.25, 0.3) is 5.69 Å². The molecule has 6 heteroatoms. The van der Waals surface area contributed by atoms with Gasteiger partial charge in [-0.2, -0.15) is 0 Å². The molecule has 6 nitrogen and oxygen atoms in total. The summed E-state index contributed by atoms with van der Waals surface area (Å²) < 4.78 is 0. The van der Waals surface area contributed by atoms with E-state index in [1.165, 1.54) is 12.1 Å². The molecule has 1 aromatic carbocycles. The molecule has 0 bridgehead atoms. The van der Waals surface area contributed by atoms with E-state index in [-0.39, 0.29) is 11.4 Å². The van der Waals surface area contributed by atoms with Gasteiger partial charge in [0.15, 0.2) is 0 Å². The molecule has 1 aromatic rings. The van der Waals surface area contributed by atoms with E-state index in [4.69, 9.17) is 5.21 Å². The Balaban J connectivity index is 3.00. The fourth-order valence-corrected chi connectivity index (χ4v) is 0.799. The maximum Gasteiger partial charge on any atom is 0.293 e. The number of nitro benzene ring substituents is 1. The fourth-order valence-electron chi connectivity index (χ4n) is 0.799. The van der Waals surface area contributed by atoms with E-state index in [2.05, 4.69) is 5.43 Å². The highest BCUT2D eigenvalue weighted by atomic mass is 16.6. The normalized spacial score (nSPS) is 9.42. The molecular formula is C6H7N3O3. The monoisotopic (exact) mass is 169 g/mol. The van der Waals surface area contributed by atoms with E-state index in [1.54, 1.807) is 17.7 Å². The lowest BCUT2D eigenvalue weighted by Crippen LogP contribution is -2.16. The minimum atomic E-state index is -0.542. The molecule has 0 saturated heterocycles. The van der Waals surface area contributed by atoms with Crippen LogP contribution in [-0.4, -0.2) is 10.1 Å².